The molecule has 0 saturated heterocycles. The van der Waals surface area contributed by atoms with Gasteiger partial charge in [0.25, 0.3) is 0 Å². The number of esters is 1. The number of ether oxygens (including phenoxy) is 1. The summed E-state index contributed by atoms with van der Waals surface area (Å²) in [4.78, 5) is 12.9. The summed E-state index contributed by atoms with van der Waals surface area (Å²) in [5.74, 6) is 0.389. The van der Waals surface area contributed by atoms with Crippen LogP contribution in [0.1, 0.15) is 78.5 Å². The monoisotopic (exact) mass is 394 g/mol. The topological polar surface area (TPSA) is 26.3 Å². The second-order valence-corrected chi connectivity index (χ2v) is 9.53. The lowest BCUT2D eigenvalue weighted by atomic mass is 9.81. The zero-order valence-corrected chi connectivity index (χ0v) is 19.5. The Balaban J connectivity index is 0.00000145. The van der Waals surface area contributed by atoms with E-state index >= 15 is 0 Å². The van der Waals surface area contributed by atoms with E-state index in [2.05, 4.69) is 83.1 Å². The van der Waals surface area contributed by atoms with E-state index in [-0.39, 0.29) is 22.9 Å². The molecule has 2 nitrogen and oxygen atoms in total. The van der Waals surface area contributed by atoms with Crippen LogP contribution in [0.25, 0.3) is 11.1 Å². The molecule has 29 heavy (non-hydrogen) atoms. The van der Waals surface area contributed by atoms with Gasteiger partial charge in [-0.1, -0.05) is 95.6 Å². The van der Waals surface area contributed by atoms with Gasteiger partial charge >= 0.3 is 5.97 Å². The summed E-state index contributed by atoms with van der Waals surface area (Å²) in [6.45, 7) is 16.8. The maximum atomic E-state index is 12.9. The van der Waals surface area contributed by atoms with Crippen molar-refractivity contribution in [2.75, 3.05) is 0 Å². The second-order valence-electron chi connectivity index (χ2n) is 9.53. The SMILES string of the molecule is CC.Cc1ccc(-c2ccc(C(C)OC(=O)C3(CC(C)(C)C)CC3C)cc2)cc1. The lowest BCUT2D eigenvalue weighted by Gasteiger charge is -2.26. The van der Waals surface area contributed by atoms with Crippen LogP contribution in [0.4, 0.5) is 0 Å². The van der Waals surface area contributed by atoms with Crippen molar-refractivity contribution in [3.05, 3.63) is 59.7 Å². The van der Waals surface area contributed by atoms with Gasteiger partial charge in [-0.3, -0.25) is 4.79 Å². The summed E-state index contributed by atoms with van der Waals surface area (Å²) >= 11 is 0. The molecule has 0 radical (unpaired) electrons. The molecule has 1 fully saturated rings. The fraction of sp³-hybridized carbons (Fsp3) is 0.519. The van der Waals surface area contributed by atoms with Crippen molar-refractivity contribution >= 4 is 5.97 Å². The maximum absolute atomic E-state index is 12.9. The van der Waals surface area contributed by atoms with Crippen molar-refractivity contribution in [3.8, 4) is 11.1 Å². The van der Waals surface area contributed by atoms with Crippen LogP contribution in [0.2, 0.25) is 0 Å². The first-order chi connectivity index (χ1) is 13.6. The third-order valence-corrected chi connectivity index (χ3v) is 5.75. The zero-order valence-electron chi connectivity index (χ0n) is 19.5. The van der Waals surface area contributed by atoms with E-state index in [0.717, 1.165) is 18.4 Å². The summed E-state index contributed by atoms with van der Waals surface area (Å²) in [6.07, 6.45) is 1.61. The van der Waals surface area contributed by atoms with Gasteiger partial charge in [-0.15, -0.1) is 0 Å². The predicted molar refractivity (Wildman–Crippen MR) is 123 cm³/mol. The minimum atomic E-state index is -0.283. The summed E-state index contributed by atoms with van der Waals surface area (Å²) in [5.41, 5.74) is 4.52. The molecule has 0 N–H and O–H groups in total. The number of hydrogen-bond acceptors (Lipinski definition) is 2. The molecular formula is C27H38O2. The molecule has 0 amide bonds. The van der Waals surface area contributed by atoms with Gasteiger partial charge < -0.3 is 4.74 Å². The Morgan fingerprint density at radius 3 is 1.90 bits per heavy atom. The van der Waals surface area contributed by atoms with Gasteiger partial charge in [0.15, 0.2) is 0 Å². The van der Waals surface area contributed by atoms with Crippen LogP contribution in [-0.2, 0) is 9.53 Å². The lowest BCUT2D eigenvalue weighted by Crippen LogP contribution is -2.27. The highest BCUT2D eigenvalue weighted by Gasteiger charge is 2.59. The van der Waals surface area contributed by atoms with Crippen molar-refractivity contribution in [1.82, 2.24) is 0 Å². The summed E-state index contributed by atoms with van der Waals surface area (Å²) in [7, 11) is 0. The number of hydrogen-bond donors (Lipinski definition) is 0. The molecule has 1 saturated carbocycles. The van der Waals surface area contributed by atoms with Gasteiger partial charge in [0.2, 0.25) is 0 Å². The van der Waals surface area contributed by atoms with Crippen molar-refractivity contribution in [1.29, 1.82) is 0 Å². The minimum absolute atomic E-state index is 0.0277. The zero-order chi connectivity index (χ0) is 21.8. The molecule has 3 atom stereocenters. The second kappa shape index (κ2) is 9.15. The molecule has 3 unspecified atom stereocenters. The molecule has 0 aliphatic heterocycles. The predicted octanol–water partition coefficient (Wildman–Crippen LogP) is 7.75. The van der Waals surface area contributed by atoms with Crippen LogP contribution in [0.3, 0.4) is 0 Å². The maximum Gasteiger partial charge on any atom is 0.312 e. The van der Waals surface area contributed by atoms with Crippen LogP contribution in [-0.4, -0.2) is 5.97 Å². The van der Waals surface area contributed by atoms with Crippen LogP contribution in [0.5, 0.6) is 0 Å². The highest BCUT2D eigenvalue weighted by atomic mass is 16.5. The molecule has 0 spiro atoms. The van der Waals surface area contributed by atoms with Gasteiger partial charge in [-0.2, -0.15) is 0 Å². The molecule has 0 aromatic heterocycles. The Kier molecular flexibility index (Phi) is 7.32. The average molecular weight is 395 g/mol. The third-order valence-electron chi connectivity index (χ3n) is 5.75. The summed E-state index contributed by atoms with van der Waals surface area (Å²) in [5, 5.41) is 0. The first-order valence-corrected chi connectivity index (χ1v) is 11.0. The molecule has 2 heteroatoms. The van der Waals surface area contributed by atoms with Crippen molar-refractivity contribution in [2.24, 2.45) is 16.7 Å². The normalized spacial score (nSPS) is 21.6. The third kappa shape index (κ3) is 5.72. The summed E-state index contributed by atoms with van der Waals surface area (Å²) < 4.78 is 5.90. The van der Waals surface area contributed by atoms with E-state index in [4.69, 9.17) is 4.74 Å². The van der Waals surface area contributed by atoms with E-state index in [1.165, 1.54) is 16.7 Å². The van der Waals surface area contributed by atoms with Crippen molar-refractivity contribution < 1.29 is 9.53 Å². The fourth-order valence-corrected chi connectivity index (χ4v) is 4.08. The van der Waals surface area contributed by atoms with Crippen LogP contribution >= 0.6 is 0 Å². The minimum Gasteiger partial charge on any atom is -0.457 e. The molecule has 3 rings (SSSR count). The van der Waals surface area contributed by atoms with E-state index in [0.29, 0.717) is 5.92 Å². The van der Waals surface area contributed by atoms with E-state index in [9.17, 15) is 4.79 Å². The molecule has 1 aliphatic carbocycles. The molecular weight excluding hydrogens is 356 g/mol. The van der Waals surface area contributed by atoms with Gasteiger partial charge in [0.05, 0.1) is 5.41 Å². The van der Waals surface area contributed by atoms with Gasteiger partial charge in [-0.05, 0) is 54.7 Å². The lowest BCUT2D eigenvalue weighted by molar-refractivity contribution is -0.157. The number of carbonyl (C=O) groups excluding carboxylic acids is 1. The van der Waals surface area contributed by atoms with Gasteiger partial charge in [-0.25, -0.2) is 0 Å². The quantitative estimate of drug-likeness (QED) is 0.484. The summed E-state index contributed by atoms with van der Waals surface area (Å²) in [6, 6.07) is 16.9. The Morgan fingerprint density at radius 1 is 1.03 bits per heavy atom. The number of carbonyl (C=O) groups is 1. The molecule has 158 valence electrons. The van der Waals surface area contributed by atoms with Crippen LogP contribution in [0.15, 0.2) is 48.5 Å². The Labute approximate surface area is 177 Å². The largest absolute Gasteiger partial charge is 0.457 e. The van der Waals surface area contributed by atoms with Crippen molar-refractivity contribution in [2.45, 2.75) is 74.3 Å². The Morgan fingerprint density at radius 2 is 1.48 bits per heavy atom. The number of benzene rings is 2. The van der Waals surface area contributed by atoms with Crippen LogP contribution in [0, 0.1) is 23.7 Å². The molecule has 1 aliphatic rings. The molecule has 2 aromatic carbocycles. The fourth-order valence-electron chi connectivity index (χ4n) is 4.08. The number of rotatable bonds is 5. The van der Waals surface area contributed by atoms with Gasteiger partial charge in [0.1, 0.15) is 6.10 Å². The van der Waals surface area contributed by atoms with E-state index < -0.39 is 0 Å². The highest BCUT2D eigenvalue weighted by molar-refractivity contribution is 5.81. The first-order valence-electron chi connectivity index (χ1n) is 11.0. The van der Waals surface area contributed by atoms with Crippen LogP contribution < -0.4 is 0 Å². The molecule has 0 heterocycles. The number of aryl methyl sites for hydroxylation is 1. The highest BCUT2D eigenvalue weighted by Crippen LogP contribution is 2.59. The Hall–Kier alpha value is -2.09. The van der Waals surface area contributed by atoms with Crippen molar-refractivity contribution in [3.63, 3.8) is 0 Å². The molecule has 2 aromatic rings. The standard InChI is InChI=1S/C25H32O2.C2H6/c1-17-7-9-21(10-8-17)22-13-11-20(12-14-22)19(3)27-23(26)25(15-18(25)2)16-24(4,5)6;1-2/h7-14,18-19H,15-16H2,1-6H3;1-2H3. The first kappa shape index (κ1) is 23.2. The van der Waals surface area contributed by atoms with E-state index in [1.807, 2.05) is 20.8 Å². The Bertz CT molecular complexity index is 796. The smallest absolute Gasteiger partial charge is 0.312 e. The average Bonchev–Trinajstić information content (AvgIpc) is 3.32. The van der Waals surface area contributed by atoms with Gasteiger partial charge in [0, 0.05) is 0 Å². The van der Waals surface area contributed by atoms with E-state index in [1.54, 1.807) is 0 Å². The molecule has 0 bridgehead atoms.